The van der Waals surface area contributed by atoms with Crippen LogP contribution in [0.3, 0.4) is 0 Å². The second-order valence-corrected chi connectivity index (χ2v) is 8.55. The van der Waals surface area contributed by atoms with Crippen molar-refractivity contribution in [2.24, 2.45) is 4.99 Å². The maximum atomic E-state index is 13.5. The van der Waals surface area contributed by atoms with Crippen molar-refractivity contribution in [1.82, 2.24) is 0 Å². The quantitative estimate of drug-likeness (QED) is 0.323. The number of thioether (sulfide) groups is 1. The molecule has 2 heterocycles. The van der Waals surface area contributed by atoms with Crippen LogP contribution in [-0.2, 0) is 4.79 Å². The fraction of sp³-hybridized carbons (Fsp3) is 0. The zero-order valence-corrected chi connectivity index (χ0v) is 18.9. The van der Waals surface area contributed by atoms with E-state index in [1.165, 1.54) is 53.1 Å². The van der Waals surface area contributed by atoms with Crippen LogP contribution in [-0.4, -0.2) is 22.2 Å². The summed E-state index contributed by atoms with van der Waals surface area (Å²) in [5, 5.41) is 9.66. The van der Waals surface area contributed by atoms with E-state index in [4.69, 9.17) is 4.42 Å². The molecule has 4 aromatic rings. The molecule has 1 aromatic heterocycles. The largest absolute Gasteiger partial charge is 0.478 e. The third-order valence-electron chi connectivity index (χ3n) is 5.17. The van der Waals surface area contributed by atoms with Crippen LogP contribution in [0.25, 0.3) is 17.4 Å². The second-order valence-electron chi connectivity index (χ2n) is 7.55. The number of furan rings is 1. The minimum absolute atomic E-state index is 0.150. The Labute approximate surface area is 204 Å². The predicted octanol–water partition coefficient (Wildman–Crippen LogP) is 6.59. The van der Waals surface area contributed by atoms with E-state index in [0.717, 1.165) is 0 Å². The summed E-state index contributed by atoms with van der Waals surface area (Å²) in [5.74, 6) is -0.845. The van der Waals surface area contributed by atoms with Crippen molar-refractivity contribution in [2.45, 2.75) is 0 Å². The van der Waals surface area contributed by atoms with Crippen molar-refractivity contribution in [3.05, 3.63) is 113 Å². The molecule has 8 heteroatoms. The Morgan fingerprint density at radius 3 is 2.49 bits per heavy atom. The van der Waals surface area contributed by atoms with Crippen LogP contribution in [0.5, 0.6) is 0 Å². The number of benzene rings is 3. The first-order valence-electron chi connectivity index (χ1n) is 10.5. The maximum Gasteiger partial charge on any atom is 0.335 e. The van der Waals surface area contributed by atoms with Crippen LogP contribution < -0.4 is 4.90 Å². The number of rotatable bonds is 5. The number of amidine groups is 1. The lowest BCUT2D eigenvalue weighted by Crippen LogP contribution is -2.28. The van der Waals surface area contributed by atoms with Gasteiger partial charge in [0.2, 0.25) is 0 Å². The summed E-state index contributed by atoms with van der Waals surface area (Å²) >= 11 is 1.18. The normalized spacial score (nSPS) is 15.8. The van der Waals surface area contributed by atoms with E-state index < -0.39 is 11.8 Å². The topological polar surface area (TPSA) is 83.1 Å². The van der Waals surface area contributed by atoms with Gasteiger partial charge in [-0.1, -0.05) is 30.3 Å². The van der Waals surface area contributed by atoms with E-state index in [1.54, 1.807) is 30.3 Å². The number of carboxylic acid groups (broad SMARTS) is 1. The van der Waals surface area contributed by atoms with Gasteiger partial charge in [-0.2, -0.15) is 0 Å². The average Bonchev–Trinajstić information content (AvgIpc) is 3.45. The van der Waals surface area contributed by atoms with Crippen LogP contribution in [0, 0.1) is 5.82 Å². The molecule has 0 aliphatic carbocycles. The van der Waals surface area contributed by atoms with Crippen LogP contribution >= 0.6 is 11.8 Å². The predicted molar refractivity (Wildman–Crippen MR) is 134 cm³/mol. The summed E-state index contributed by atoms with van der Waals surface area (Å²) < 4.78 is 19.4. The Bertz CT molecular complexity index is 1480. The molecule has 35 heavy (non-hydrogen) atoms. The zero-order chi connectivity index (χ0) is 24.4. The number of anilines is 1. The number of carbonyl (C=O) groups excluding carboxylic acids is 1. The fourth-order valence-corrected chi connectivity index (χ4v) is 4.48. The lowest BCUT2D eigenvalue weighted by atomic mass is 10.1. The van der Waals surface area contributed by atoms with Gasteiger partial charge in [0.25, 0.3) is 5.91 Å². The molecule has 1 saturated heterocycles. The second kappa shape index (κ2) is 9.44. The van der Waals surface area contributed by atoms with Gasteiger partial charge in [0.15, 0.2) is 5.17 Å². The van der Waals surface area contributed by atoms with Crippen molar-refractivity contribution in [3.8, 4) is 11.3 Å². The molecule has 5 rings (SSSR count). The highest BCUT2D eigenvalue weighted by Crippen LogP contribution is 2.38. The lowest BCUT2D eigenvalue weighted by molar-refractivity contribution is -0.113. The van der Waals surface area contributed by atoms with E-state index >= 15 is 0 Å². The monoisotopic (exact) mass is 484 g/mol. The van der Waals surface area contributed by atoms with Crippen LogP contribution in [0.1, 0.15) is 16.1 Å². The van der Waals surface area contributed by atoms with Gasteiger partial charge in [-0.15, -0.1) is 0 Å². The first-order chi connectivity index (χ1) is 17.0. The van der Waals surface area contributed by atoms with Gasteiger partial charge < -0.3 is 9.52 Å². The number of hydrogen-bond donors (Lipinski definition) is 1. The molecule has 1 aliphatic rings. The van der Waals surface area contributed by atoms with Gasteiger partial charge >= 0.3 is 5.97 Å². The number of amides is 1. The molecule has 0 radical (unpaired) electrons. The Balaban J connectivity index is 1.49. The van der Waals surface area contributed by atoms with E-state index in [1.807, 2.05) is 30.3 Å². The van der Waals surface area contributed by atoms with E-state index in [2.05, 4.69) is 4.99 Å². The molecule has 0 atom stereocenters. The van der Waals surface area contributed by atoms with Gasteiger partial charge in [-0.05, 0) is 72.4 Å². The average molecular weight is 485 g/mol. The minimum atomic E-state index is -1.03. The summed E-state index contributed by atoms with van der Waals surface area (Å²) in [6.45, 7) is 0. The molecule has 0 saturated carbocycles. The van der Waals surface area contributed by atoms with Crippen LogP contribution in [0.15, 0.2) is 105 Å². The molecule has 0 spiro atoms. The number of para-hydroxylation sites is 1. The fourth-order valence-electron chi connectivity index (χ4n) is 3.50. The molecule has 172 valence electrons. The van der Waals surface area contributed by atoms with E-state index in [-0.39, 0.29) is 11.5 Å². The Morgan fingerprint density at radius 1 is 0.971 bits per heavy atom. The molecule has 1 aliphatic heterocycles. The van der Waals surface area contributed by atoms with Crippen molar-refractivity contribution >= 4 is 46.3 Å². The van der Waals surface area contributed by atoms with Crippen molar-refractivity contribution in [3.63, 3.8) is 0 Å². The summed E-state index contributed by atoms with van der Waals surface area (Å²) in [7, 11) is 0. The number of hydrogen-bond acceptors (Lipinski definition) is 5. The molecule has 0 bridgehead atoms. The summed E-state index contributed by atoms with van der Waals surface area (Å²) in [6, 6.07) is 24.7. The number of aliphatic imine (C=N–C) groups is 1. The standard InChI is InChI=1S/C27H17FN2O4S/c28-19-9-11-21(12-10-19)30-25(31)24(35-27(30)29-20-7-2-1-3-8-20)16-22-13-14-23(34-22)17-5-4-6-18(15-17)26(32)33/h1-16H,(H,32,33)/b24-16-,29-27?. The van der Waals surface area contributed by atoms with Crippen LogP contribution in [0.2, 0.25) is 0 Å². The smallest absolute Gasteiger partial charge is 0.335 e. The SMILES string of the molecule is O=C(O)c1cccc(-c2ccc(/C=C3\SC(=Nc4ccccc4)N(c4ccc(F)cc4)C3=O)o2)c1. The van der Waals surface area contributed by atoms with Gasteiger partial charge in [0, 0.05) is 11.6 Å². The highest BCUT2D eigenvalue weighted by Gasteiger charge is 2.35. The van der Waals surface area contributed by atoms with Gasteiger partial charge in [0.05, 0.1) is 21.8 Å². The number of halogens is 1. The molecule has 1 fully saturated rings. The first kappa shape index (κ1) is 22.4. The Morgan fingerprint density at radius 2 is 1.74 bits per heavy atom. The number of aromatic carboxylic acids is 1. The first-order valence-corrected chi connectivity index (χ1v) is 11.4. The van der Waals surface area contributed by atoms with Crippen LogP contribution in [0.4, 0.5) is 15.8 Å². The third kappa shape index (κ3) is 4.78. The van der Waals surface area contributed by atoms with Gasteiger partial charge in [0.1, 0.15) is 17.3 Å². The lowest BCUT2D eigenvalue weighted by Gasteiger charge is -2.15. The maximum absolute atomic E-state index is 13.5. The summed E-state index contributed by atoms with van der Waals surface area (Å²) in [4.78, 5) is 31.1. The molecular weight excluding hydrogens is 467 g/mol. The highest BCUT2D eigenvalue weighted by atomic mass is 32.2. The molecule has 0 unspecified atom stereocenters. The molecule has 1 amide bonds. The van der Waals surface area contributed by atoms with E-state index in [9.17, 15) is 19.1 Å². The highest BCUT2D eigenvalue weighted by molar-refractivity contribution is 8.19. The number of nitrogens with zero attached hydrogens (tertiary/aromatic N) is 2. The molecule has 6 nitrogen and oxygen atoms in total. The van der Waals surface area contributed by atoms with E-state index in [0.29, 0.717) is 38.5 Å². The van der Waals surface area contributed by atoms with Gasteiger partial charge in [-0.3, -0.25) is 9.69 Å². The number of carbonyl (C=O) groups is 2. The summed E-state index contributed by atoms with van der Waals surface area (Å²) in [5.41, 5.74) is 1.93. The van der Waals surface area contributed by atoms with Gasteiger partial charge in [-0.25, -0.2) is 14.2 Å². The van der Waals surface area contributed by atoms with Crippen molar-refractivity contribution in [2.75, 3.05) is 4.90 Å². The molecule has 3 aromatic carbocycles. The Kier molecular flexibility index (Phi) is 6.03. The summed E-state index contributed by atoms with van der Waals surface area (Å²) in [6.07, 6.45) is 1.61. The molecular formula is C27H17FN2O4S. The van der Waals surface area contributed by atoms with Crippen molar-refractivity contribution in [1.29, 1.82) is 0 Å². The van der Waals surface area contributed by atoms with Crippen molar-refractivity contribution < 1.29 is 23.5 Å². The minimum Gasteiger partial charge on any atom is -0.478 e. The third-order valence-corrected chi connectivity index (χ3v) is 6.14. The number of carboxylic acids is 1. The molecule has 1 N–H and O–H groups in total. The zero-order valence-electron chi connectivity index (χ0n) is 18.1. The Hall–Kier alpha value is -4.43.